The van der Waals surface area contributed by atoms with E-state index in [0.29, 0.717) is 34.7 Å². The average molecular weight is 479 g/mol. The number of hydrogen-bond donors (Lipinski definition) is 6. The predicted molar refractivity (Wildman–Crippen MR) is 118 cm³/mol. The van der Waals surface area contributed by atoms with Gasteiger partial charge in [-0.3, -0.25) is 9.36 Å². The largest absolute Gasteiger partial charge is 0.394 e. The predicted octanol–water partition coefficient (Wildman–Crippen LogP) is 0.698. The number of halogens is 1. The molecule has 6 N–H and O–H groups in total. The molecule has 0 bridgehead atoms. The minimum Gasteiger partial charge on any atom is -0.394 e. The van der Waals surface area contributed by atoms with Crippen molar-refractivity contribution in [1.29, 1.82) is 0 Å². The molecule has 0 saturated heterocycles. The number of carbonyl (C=O) groups excluding carboxylic acids is 1. The Kier molecular flexibility index (Phi) is 6.34. The molecule has 1 aliphatic carbocycles. The molecule has 2 heterocycles. The van der Waals surface area contributed by atoms with Gasteiger partial charge in [0.25, 0.3) is 0 Å². The van der Waals surface area contributed by atoms with Crippen LogP contribution in [0.15, 0.2) is 35.5 Å². The van der Waals surface area contributed by atoms with E-state index in [1.54, 1.807) is 24.3 Å². The Bertz CT molecular complexity index is 1080. The van der Waals surface area contributed by atoms with Gasteiger partial charge in [0.1, 0.15) is 24.4 Å². The number of aliphatic hydroxyl groups excluding tert-OH is 5. The minimum absolute atomic E-state index is 0.0650. The highest BCUT2D eigenvalue weighted by Crippen LogP contribution is 2.46. The molecule has 10 nitrogen and oxygen atoms in total. The van der Waals surface area contributed by atoms with Crippen LogP contribution in [0.25, 0.3) is 0 Å². The van der Waals surface area contributed by atoms with Gasteiger partial charge in [-0.2, -0.15) is 0 Å². The number of nitrogens with one attached hydrogen (secondary N) is 1. The molecular formula is C22H27ClN4O6. The summed E-state index contributed by atoms with van der Waals surface area (Å²) in [7, 11) is 0. The number of fused-ring (bicyclic) bond motifs is 1. The van der Waals surface area contributed by atoms with E-state index >= 15 is 0 Å². The third kappa shape index (κ3) is 4.30. The van der Waals surface area contributed by atoms with Gasteiger partial charge in [-0.1, -0.05) is 37.6 Å². The molecule has 0 saturated carbocycles. The first-order valence-corrected chi connectivity index (χ1v) is 11.0. The summed E-state index contributed by atoms with van der Waals surface area (Å²) in [6.07, 6.45) is -6.21. The van der Waals surface area contributed by atoms with Crippen LogP contribution in [0.2, 0.25) is 5.02 Å². The Morgan fingerprint density at radius 1 is 1.12 bits per heavy atom. The van der Waals surface area contributed by atoms with Gasteiger partial charge >= 0.3 is 0 Å². The van der Waals surface area contributed by atoms with Gasteiger partial charge in [0.05, 0.1) is 12.6 Å². The Morgan fingerprint density at radius 2 is 1.79 bits per heavy atom. The molecular weight excluding hydrogens is 452 g/mol. The van der Waals surface area contributed by atoms with E-state index in [1.165, 1.54) is 4.57 Å². The molecule has 5 atom stereocenters. The van der Waals surface area contributed by atoms with Crippen molar-refractivity contribution < 1.29 is 30.3 Å². The standard InChI is InChI=1S/C22H27ClN4O6/c1-22(2)7-12-15(13(29)8-22)16(10-3-5-11(23)6-4-10)27-20(25-26-21(27)24-12)19(33)18(32)17(31)14(30)9-28/h3-6,14,16-19,28,30-33H,7-9H2,1-2H3,(H,24,26)/t14-,16?,17+,18+,19-/m1/s1. The smallest absolute Gasteiger partial charge is 0.229 e. The molecule has 2 aromatic rings. The number of aliphatic hydroxyl groups is 5. The Balaban J connectivity index is 1.83. The number of Topliss-reactive ketones (excluding diaryl/α,β-unsaturated/α-hetero) is 1. The first kappa shape index (κ1) is 23.8. The molecule has 1 unspecified atom stereocenters. The van der Waals surface area contributed by atoms with Crippen molar-refractivity contribution in [3.63, 3.8) is 0 Å². The van der Waals surface area contributed by atoms with E-state index in [9.17, 15) is 25.2 Å². The van der Waals surface area contributed by atoms with Gasteiger partial charge in [-0.05, 0) is 29.5 Å². The van der Waals surface area contributed by atoms with Crippen LogP contribution < -0.4 is 5.32 Å². The number of aromatic nitrogens is 3. The van der Waals surface area contributed by atoms with E-state index in [4.69, 9.17) is 16.7 Å². The van der Waals surface area contributed by atoms with Crippen molar-refractivity contribution in [2.45, 2.75) is 57.1 Å². The summed E-state index contributed by atoms with van der Waals surface area (Å²) >= 11 is 6.07. The molecule has 0 amide bonds. The zero-order valence-electron chi connectivity index (χ0n) is 18.2. The molecule has 1 aromatic carbocycles. The molecule has 1 aromatic heterocycles. The zero-order valence-corrected chi connectivity index (χ0v) is 18.9. The summed E-state index contributed by atoms with van der Waals surface area (Å²) in [6, 6.07) is 6.19. The second-order valence-electron chi connectivity index (χ2n) is 9.34. The molecule has 2 aliphatic rings. The molecule has 0 radical (unpaired) electrons. The number of hydrogen-bond acceptors (Lipinski definition) is 9. The minimum atomic E-state index is -1.87. The van der Waals surface area contributed by atoms with Gasteiger partial charge in [-0.15, -0.1) is 10.2 Å². The van der Waals surface area contributed by atoms with Crippen molar-refractivity contribution in [3.05, 3.63) is 51.9 Å². The van der Waals surface area contributed by atoms with Crippen molar-refractivity contribution in [2.24, 2.45) is 5.41 Å². The highest BCUT2D eigenvalue weighted by Gasteiger charge is 2.44. The van der Waals surface area contributed by atoms with E-state index < -0.39 is 37.1 Å². The van der Waals surface area contributed by atoms with Crippen LogP contribution in [0.1, 0.15) is 50.2 Å². The van der Waals surface area contributed by atoms with E-state index in [-0.39, 0.29) is 23.0 Å². The zero-order chi connectivity index (χ0) is 24.1. The topological polar surface area (TPSA) is 161 Å². The number of anilines is 1. The molecule has 1 aliphatic heterocycles. The number of ketones is 1. The van der Waals surface area contributed by atoms with Crippen LogP contribution in [0, 0.1) is 5.41 Å². The van der Waals surface area contributed by atoms with Gasteiger partial charge in [-0.25, -0.2) is 0 Å². The molecule has 11 heteroatoms. The number of rotatable bonds is 6. The fraction of sp³-hybridized carbons (Fsp3) is 0.500. The van der Waals surface area contributed by atoms with Crippen molar-refractivity contribution in [1.82, 2.24) is 14.8 Å². The van der Waals surface area contributed by atoms with Crippen LogP contribution in [0.4, 0.5) is 5.95 Å². The lowest BCUT2D eigenvalue weighted by Crippen LogP contribution is -2.44. The lowest BCUT2D eigenvalue weighted by Gasteiger charge is -2.39. The maximum atomic E-state index is 13.3. The Morgan fingerprint density at radius 3 is 2.42 bits per heavy atom. The summed E-state index contributed by atoms with van der Waals surface area (Å²) in [6.45, 7) is 3.21. The molecule has 0 spiro atoms. The van der Waals surface area contributed by atoms with Crippen molar-refractivity contribution in [3.8, 4) is 0 Å². The van der Waals surface area contributed by atoms with Gasteiger partial charge in [0.2, 0.25) is 5.95 Å². The van der Waals surface area contributed by atoms with Crippen LogP contribution >= 0.6 is 11.6 Å². The van der Waals surface area contributed by atoms with Crippen molar-refractivity contribution >= 4 is 23.3 Å². The number of benzene rings is 1. The summed E-state index contributed by atoms with van der Waals surface area (Å²) in [4.78, 5) is 13.3. The fourth-order valence-electron chi connectivity index (χ4n) is 4.51. The van der Waals surface area contributed by atoms with Gasteiger partial charge < -0.3 is 30.8 Å². The van der Waals surface area contributed by atoms with Crippen LogP contribution in [0.3, 0.4) is 0 Å². The first-order chi connectivity index (χ1) is 15.5. The third-order valence-corrected chi connectivity index (χ3v) is 6.39. The Hall–Kier alpha value is -2.34. The molecule has 4 rings (SSSR count). The van der Waals surface area contributed by atoms with Gasteiger partial charge in [0, 0.05) is 22.7 Å². The van der Waals surface area contributed by atoms with Crippen molar-refractivity contribution in [2.75, 3.05) is 11.9 Å². The highest BCUT2D eigenvalue weighted by molar-refractivity contribution is 6.30. The highest BCUT2D eigenvalue weighted by atomic mass is 35.5. The lowest BCUT2D eigenvalue weighted by atomic mass is 9.73. The monoisotopic (exact) mass is 478 g/mol. The molecule has 0 fully saturated rings. The van der Waals surface area contributed by atoms with Crippen LogP contribution in [-0.2, 0) is 4.79 Å². The SMILES string of the molecule is CC1(C)CC(=O)C2=C(C1)Nc1nnc([C@H](O)[C@@H](O)[C@@H](O)[C@H](O)CO)n1C2c1ccc(Cl)cc1. The second-order valence-corrected chi connectivity index (χ2v) is 9.78. The summed E-state index contributed by atoms with van der Waals surface area (Å²) in [5.41, 5.74) is 1.66. The number of nitrogens with zero attached hydrogens (tertiary/aromatic N) is 3. The average Bonchev–Trinajstić information content (AvgIpc) is 3.18. The lowest BCUT2D eigenvalue weighted by molar-refractivity contribution is -0.119. The summed E-state index contributed by atoms with van der Waals surface area (Å²) in [5.74, 6) is 0.0840. The summed E-state index contributed by atoms with van der Waals surface area (Å²) < 4.78 is 1.50. The maximum Gasteiger partial charge on any atom is 0.229 e. The summed E-state index contributed by atoms with van der Waals surface area (Å²) in [5, 5.41) is 61.9. The van der Waals surface area contributed by atoms with E-state index in [2.05, 4.69) is 15.5 Å². The van der Waals surface area contributed by atoms with Crippen LogP contribution in [0.5, 0.6) is 0 Å². The fourth-order valence-corrected chi connectivity index (χ4v) is 4.63. The Labute approximate surface area is 195 Å². The first-order valence-electron chi connectivity index (χ1n) is 10.6. The van der Waals surface area contributed by atoms with E-state index in [1.807, 2.05) is 13.8 Å². The second kappa shape index (κ2) is 8.79. The number of carbonyl (C=O) groups is 1. The molecule has 178 valence electrons. The molecule has 33 heavy (non-hydrogen) atoms. The third-order valence-electron chi connectivity index (χ3n) is 6.14. The quantitative estimate of drug-likeness (QED) is 0.351. The number of allylic oxidation sites excluding steroid dienone is 2. The maximum absolute atomic E-state index is 13.3. The van der Waals surface area contributed by atoms with Crippen LogP contribution in [-0.4, -0.2) is 71.0 Å². The van der Waals surface area contributed by atoms with Gasteiger partial charge in [0.15, 0.2) is 11.6 Å². The normalized spacial score (nSPS) is 23.3. The van der Waals surface area contributed by atoms with E-state index in [0.717, 1.165) is 0 Å².